The predicted octanol–water partition coefficient (Wildman–Crippen LogP) is 4.86. The highest BCUT2D eigenvalue weighted by Crippen LogP contribution is 2.32. The fraction of sp³-hybridized carbons (Fsp3) is 0.308. The van der Waals surface area contributed by atoms with Gasteiger partial charge in [0.05, 0.1) is 5.52 Å². The minimum atomic E-state index is -0.930. The Morgan fingerprint density at radius 1 is 1.09 bits per heavy atom. The van der Waals surface area contributed by atoms with Gasteiger partial charge >= 0.3 is 0 Å². The van der Waals surface area contributed by atoms with E-state index in [0.29, 0.717) is 21.6 Å². The number of hydrogen-bond acceptors (Lipinski definition) is 5. The third-order valence-electron chi connectivity index (χ3n) is 6.33. The first-order valence-electron chi connectivity index (χ1n) is 11.8. The summed E-state index contributed by atoms with van der Waals surface area (Å²) in [5.41, 5.74) is 1.69. The van der Waals surface area contributed by atoms with Gasteiger partial charge in [-0.05, 0) is 54.6 Å². The number of benzene rings is 2. The first-order chi connectivity index (χ1) is 17.1. The van der Waals surface area contributed by atoms with Gasteiger partial charge in [-0.1, -0.05) is 48.7 Å². The number of rotatable bonds is 7. The number of hydrogen-bond donors (Lipinski definition) is 1. The number of aromatic nitrogens is 3. The van der Waals surface area contributed by atoms with Crippen molar-refractivity contribution in [3.8, 4) is 0 Å². The summed E-state index contributed by atoms with van der Waals surface area (Å²) in [6.45, 7) is -0.143. The number of nitrogens with zero attached hydrogens (tertiary/aromatic N) is 4. The average Bonchev–Trinajstić information content (AvgIpc) is 3.53. The van der Waals surface area contributed by atoms with E-state index in [1.807, 2.05) is 41.8 Å². The van der Waals surface area contributed by atoms with Crippen LogP contribution in [0.5, 0.6) is 0 Å². The molecule has 2 aromatic carbocycles. The SMILES string of the molecule is O=C(NC1CCCCC1)[C@@H](c1cccs1)N(C(=O)Cn1nnc2ccccc21)c1cccc(F)c1. The molecule has 2 aromatic heterocycles. The van der Waals surface area contributed by atoms with Gasteiger partial charge in [0.1, 0.15) is 23.9 Å². The number of nitrogens with one attached hydrogen (secondary N) is 1. The number of carbonyl (C=O) groups is 2. The summed E-state index contributed by atoms with van der Waals surface area (Å²) < 4.78 is 15.8. The van der Waals surface area contributed by atoms with Crippen molar-refractivity contribution in [3.63, 3.8) is 0 Å². The summed E-state index contributed by atoms with van der Waals surface area (Å²) in [6.07, 6.45) is 5.14. The van der Waals surface area contributed by atoms with Crippen molar-refractivity contribution in [2.45, 2.75) is 50.7 Å². The van der Waals surface area contributed by atoms with Crippen molar-refractivity contribution in [1.29, 1.82) is 0 Å². The van der Waals surface area contributed by atoms with Crippen molar-refractivity contribution < 1.29 is 14.0 Å². The molecule has 9 heteroatoms. The Hall–Kier alpha value is -3.59. The molecule has 1 aliphatic carbocycles. The highest BCUT2D eigenvalue weighted by molar-refractivity contribution is 7.10. The minimum absolute atomic E-state index is 0.0717. The molecule has 1 fully saturated rings. The van der Waals surface area contributed by atoms with Crippen LogP contribution in [-0.4, -0.2) is 32.9 Å². The normalized spacial score (nSPS) is 15.1. The Balaban J connectivity index is 1.52. The molecule has 2 amide bonds. The molecule has 0 radical (unpaired) electrons. The van der Waals surface area contributed by atoms with Crippen molar-refractivity contribution >= 4 is 39.9 Å². The van der Waals surface area contributed by atoms with E-state index in [0.717, 1.165) is 25.7 Å². The lowest BCUT2D eigenvalue weighted by Crippen LogP contribution is -2.48. The van der Waals surface area contributed by atoms with Gasteiger partial charge in [0.2, 0.25) is 11.8 Å². The molecule has 0 bridgehead atoms. The fourth-order valence-electron chi connectivity index (χ4n) is 4.65. The van der Waals surface area contributed by atoms with Gasteiger partial charge in [-0.2, -0.15) is 0 Å². The second-order valence-corrected chi connectivity index (χ2v) is 9.72. The van der Waals surface area contributed by atoms with E-state index in [-0.39, 0.29) is 24.4 Å². The molecule has 1 saturated carbocycles. The molecule has 7 nitrogen and oxygen atoms in total. The molecule has 180 valence electrons. The summed E-state index contributed by atoms with van der Waals surface area (Å²) in [6, 6.07) is 16.0. The number of halogens is 1. The van der Waals surface area contributed by atoms with Gasteiger partial charge in [-0.15, -0.1) is 16.4 Å². The van der Waals surface area contributed by atoms with Crippen molar-refractivity contribution in [3.05, 3.63) is 76.7 Å². The molecular weight excluding hydrogens is 465 g/mol. The van der Waals surface area contributed by atoms with Crippen molar-refractivity contribution in [2.75, 3.05) is 4.90 Å². The van der Waals surface area contributed by atoms with Crippen LogP contribution in [0.1, 0.15) is 43.0 Å². The van der Waals surface area contributed by atoms with Gasteiger partial charge < -0.3 is 5.32 Å². The highest BCUT2D eigenvalue weighted by atomic mass is 32.1. The quantitative estimate of drug-likeness (QED) is 0.401. The Labute approximate surface area is 206 Å². The van der Waals surface area contributed by atoms with Crippen LogP contribution in [0.2, 0.25) is 0 Å². The zero-order valence-corrected chi connectivity index (χ0v) is 20.0. The third kappa shape index (κ3) is 5.09. The molecule has 1 atom stereocenters. The van der Waals surface area contributed by atoms with Crippen LogP contribution in [0, 0.1) is 5.82 Å². The van der Waals surface area contributed by atoms with Gasteiger partial charge in [0.15, 0.2) is 0 Å². The van der Waals surface area contributed by atoms with Gasteiger partial charge in [-0.25, -0.2) is 9.07 Å². The van der Waals surface area contributed by atoms with Gasteiger partial charge in [0.25, 0.3) is 0 Å². The Kier molecular flexibility index (Phi) is 6.85. The number of para-hydroxylation sites is 1. The standard InChI is InChI=1S/C26H26FN5O2S/c27-18-8-6-11-20(16-18)32(24(33)17-31-22-13-5-4-12-21(22)29-30-31)25(23-14-7-15-35-23)26(34)28-19-9-2-1-3-10-19/h4-8,11-16,19,25H,1-3,9-10,17H2,(H,28,34)/t25-/m1/s1. The monoisotopic (exact) mass is 491 g/mol. The summed E-state index contributed by atoms with van der Waals surface area (Å²) in [4.78, 5) is 29.6. The summed E-state index contributed by atoms with van der Waals surface area (Å²) in [5, 5.41) is 13.3. The molecule has 1 N–H and O–H groups in total. The van der Waals surface area contributed by atoms with Gasteiger partial charge in [0, 0.05) is 16.6 Å². The maximum absolute atomic E-state index is 14.3. The number of amides is 2. The second-order valence-electron chi connectivity index (χ2n) is 8.74. The molecule has 1 aliphatic rings. The average molecular weight is 492 g/mol. The van der Waals surface area contributed by atoms with Crippen molar-refractivity contribution in [1.82, 2.24) is 20.3 Å². The van der Waals surface area contributed by atoms with E-state index in [2.05, 4.69) is 15.6 Å². The third-order valence-corrected chi connectivity index (χ3v) is 7.26. The fourth-order valence-corrected chi connectivity index (χ4v) is 5.46. The van der Waals surface area contributed by atoms with Crippen LogP contribution in [0.4, 0.5) is 10.1 Å². The summed E-state index contributed by atoms with van der Waals surface area (Å²) >= 11 is 1.39. The first kappa shape index (κ1) is 23.2. The molecule has 4 aromatic rings. The molecule has 2 heterocycles. The highest BCUT2D eigenvalue weighted by Gasteiger charge is 2.35. The second kappa shape index (κ2) is 10.4. The lowest BCUT2D eigenvalue weighted by atomic mass is 9.95. The Bertz CT molecular complexity index is 1320. The summed E-state index contributed by atoms with van der Waals surface area (Å²) in [7, 11) is 0. The molecular formula is C26H26FN5O2S. The van der Waals surface area contributed by atoms with E-state index in [4.69, 9.17) is 0 Å². The van der Waals surface area contributed by atoms with Crippen LogP contribution in [0.25, 0.3) is 11.0 Å². The lowest BCUT2D eigenvalue weighted by molar-refractivity contribution is -0.127. The van der Waals surface area contributed by atoms with E-state index >= 15 is 0 Å². The van der Waals surface area contributed by atoms with Crippen LogP contribution in [0.15, 0.2) is 66.0 Å². The van der Waals surface area contributed by atoms with E-state index in [1.165, 1.54) is 39.5 Å². The van der Waals surface area contributed by atoms with Crippen LogP contribution < -0.4 is 10.2 Å². The van der Waals surface area contributed by atoms with Crippen LogP contribution >= 0.6 is 11.3 Å². The molecule has 0 aliphatic heterocycles. The zero-order chi connectivity index (χ0) is 24.2. The number of fused-ring (bicyclic) bond motifs is 1. The maximum atomic E-state index is 14.3. The molecule has 0 spiro atoms. The Morgan fingerprint density at radius 3 is 2.69 bits per heavy atom. The van der Waals surface area contributed by atoms with Crippen molar-refractivity contribution in [2.24, 2.45) is 0 Å². The Morgan fingerprint density at radius 2 is 1.91 bits per heavy atom. The smallest absolute Gasteiger partial charge is 0.249 e. The lowest BCUT2D eigenvalue weighted by Gasteiger charge is -2.32. The number of carbonyl (C=O) groups excluding carboxylic acids is 2. The van der Waals surface area contributed by atoms with E-state index < -0.39 is 11.9 Å². The topological polar surface area (TPSA) is 80.1 Å². The molecule has 35 heavy (non-hydrogen) atoms. The predicted molar refractivity (Wildman–Crippen MR) is 133 cm³/mol. The molecule has 0 saturated heterocycles. The largest absolute Gasteiger partial charge is 0.351 e. The minimum Gasteiger partial charge on any atom is -0.351 e. The van der Waals surface area contributed by atoms with E-state index in [9.17, 15) is 14.0 Å². The molecule has 5 rings (SSSR count). The number of thiophene rings is 1. The van der Waals surface area contributed by atoms with Gasteiger partial charge in [-0.3, -0.25) is 14.5 Å². The van der Waals surface area contributed by atoms with Crippen LogP contribution in [-0.2, 0) is 16.1 Å². The summed E-state index contributed by atoms with van der Waals surface area (Å²) in [5.74, 6) is -1.13. The van der Waals surface area contributed by atoms with E-state index in [1.54, 1.807) is 12.1 Å². The number of anilines is 1. The zero-order valence-electron chi connectivity index (χ0n) is 19.1. The molecule has 0 unspecified atom stereocenters. The maximum Gasteiger partial charge on any atom is 0.249 e. The van der Waals surface area contributed by atoms with Crippen LogP contribution in [0.3, 0.4) is 0 Å². The first-order valence-corrected chi connectivity index (χ1v) is 12.7.